The Kier molecular flexibility index (Phi) is 6.38. The summed E-state index contributed by atoms with van der Waals surface area (Å²) in [5.74, 6) is 2.53. The third-order valence-electron chi connectivity index (χ3n) is 6.50. The van der Waals surface area contributed by atoms with Crippen LogP contribution in [0.3, 0.4) is 0 Å². The van der Waals surface area contributed by atoms with E-state index in [-0.39, 0.29) is 18.7 Å². The largest absolute Gasteiger partial charge is 0.394 e. The van der Waals surface area contributed by atoms with E-state index in [4.69, 9.17) is 9.97 Å². The summed E-state index contributed by atoms with van der Waals surface area (Å²) < 4.78 is 0. The lowest BCUT2D eigenvalue weighted by Gasteiger charge is -2.30. The molecule has 2 amide bonds. The third-order valence-corrected chi connectivity index (χ3v) is 6.50. The summed E-state index contributed by atoms with van der Waals surface area (Å²) in [6.45, 7) is 9.54. The highest BCUT2D eigenvalue weighted by Crippen LogP contribution is 2.36. The molecule has 4 N–H and O–H groups in total. The molecule has 3 heterocycles. The van der Waals surface area contributed by atoms with E-state index in [0.717, 1.165) is 48.8 Å². The van der Waals surface area contributed by atoms with Gasteiger partial charge < -0.3 is 26.0 Å². The van der Waals surface area contributed by atoms with Gasteiger partial charge in [0.2, 0.25) is 0 Å². The second-order valence-corrected chi connectivity index (χ2v) is 8.52. The van der Waals surface area contributed by atoms with Crippen LogP contribution in [0.4, 0.5) is 16.3 Å². The van der Waals surface area contributed by atoms with Gasteiger partial charge in [0, 0.05) is 36.4 Å². The number of amides is 2. The van der Waals surface area contributed by atoms with Crippen LogP contribution in [0.25, 0.3) is 11.4 Å². The van der Waals surface area contributed by atoms with Crippen LogP contribution in [0.5, 0.6) is 0 Å². The molecular formula is C23H32N6O2. The van der Waals surface area contributed by atoms with Crippen molar-refractivity contribution >= 4 is 17.5 Å². The number of aliphatic hydroxyl groups excluding tert-OH is 1. The molecule has 8 heteroatoms. The van der Waals surface area contributed by atoms with Crippen LogP contribution in [0.2, 0.25) is 0 Å². The molecule has 31 heavy (non-hydrogen) atoms. The molecule has 0 spiro atoms. The van der Waals surface area contributed by atoms with E-state index in [9.17, 15) is 9.90 Å². The summed E-state index contributed by atoms with van der Waals surface area (Å²) in [6.07, 6.45) is 0.887. The Balaban J connectivity index is 1.68. The average molecular weight is 425 g/mol. The van der Waals surface area contributed by atoms with Crippen molar-refractivity contribution < 1.29 is 9.90 Å². The Bertz CT molecular complexity index is 932. The van der Waals surface area contributed by atoms with Crippen molar-refractivity contribution in [1.82, 2.24) is 20.6 Å². The zero-order valence-corrected chi connectivity index (χ0v) is 18.5. The number of carbonyl (C=O) groups is 1. The summed E-state index contributed by atoms with van der Waals surface area (Å²) in [4.78, 5) is 23.9. The SMILES string of the molecule is CCNC(=O)Nc1ccc(-c2nc3c(c(N4CC(C)C(C)C4CO)n2)CCNC3)cc1. The van der Waals surface area contributed by atoms with Gasteiger partial charge in [-0.05, 0) is 56.0 Å². The van der Waals surface area contributed by atoms with Crippen LogP contribution in [-0.2, 0) is 13.0 Å². The molecule has 2 aliphatic rings. The highest BCUT2D eigenvalue weighted by molar-refractivity contribution is 5.89. The Morgan fingerprint density at radius 3 is 2.74 bits per heavy atom. The van der Waals surface area contributed by atoms with E-state index in [2.05, 4.69) is 34.7 Å². The number of aromatic nitrogens is 2. The second kappa shape index (κ2) is 9.20. The van der Waals surface area contributed by atoms with E-state index < -0.39 is 0 Å². The normalized spacial score (nSPS) is 22.8. The molecule has 166 valence electrons. The molecule has 0 bridgehead atoms. The predicted octanol–water partition coefficient (Wildman–Crippen LogP) is 2.38. The average Bonchev–Trinajstić information content (AvgIpc) is 3.07. The molecule has 0 aliphatic carbocycles. The fraction of sp³-hybridized carbons (Fsp3) is 0.522. The van der Waals surface area contributed by atoms with Crippen molar-refractivity contribution in [2.45, 2.75) is 39.8 Å². The molecule has 4 rings (SSSR count). The second-order valence-electron chi connectivity index (χ2n) is 8.52. The smallest absolute Gasteiger partial charge is 0.319 e. The lowest BCUT2D eigenvalue weighted by molar-refractivity contribution is 0.235. The van der Waals surface area contributed by atoms with Crippen LogP contribution < -0.4 is 20.9 Å². The molecule has 3 unspecified atom stereocenters. The number of benzene rings is 1. The molecule has 8 nitrogen and oxygen atoms in total. The maximum atomic E-state index is 11.8. The van der Waals surface area contributed by atoms with Crippen LogP contribution >= 0.6 is 0 Å². The fourth-order valence-electron chi connectivity index (χ4n) is 4.53. The molecule has 2 aliphatic heterocycles. The van der Waals surface area contributed by atoms with Gasteiger partial charge in [-0.2, -0.15) is 0 Å². The Morgan fingerprint density at radius 2 is 2.03 bits per heavy atom. The summed E-state index contributed by atoms with van der Waals surface area (Å²) in [6, 6.07) is 7.44. The molecule has 1 saturated heterocycles. The van der Waals surface area contributed by atoms with Crippen LogP contribution in [0.1, 0.15) is 32.0 Å². The molecule has 0 saturated carbocycles. The lowest BCUT2D eigenvalue weighted by Crippen LogP contribution is -2.38. The number of urea groups is 1. The highest BCUT2D eigenvalue weighted by Gasteiger charge is 2.38. The van der Waals surface area contributed by atoms with E-state index in [1.165, 1.54) is 5.56 Å². The van der Waals surface area contributed by atoms with Gasteiger partial charge in [0.05, 0.1) is 18.3 Å². The van der Waals surface area contributed by atoms with Crippen molar-refractivity contribution in [3.63, 3.8) is 0 Å². The van der Waals surface area contributed by atoms with Gasteiger partial charge in [-0.3, -0.25) is 0 Å². The molecule has 1 aromatic heterocycles. The number of anilines is 2. The number of nitrogens with zero attached hydrogens (tertiary/aromatic N) is 3. The molecule has 0 radical (unpaired) electrons. The van der Waals surface area contributed by atoms with Crippen LogP contribution in [-0.4, -0.2) is 53.4 Å². The number of hydrogen-bond donors (Lipinski definition) is 4. The monoisotopic (exact) mass is 424 g/mol. The van der Waals surface area contributed by atoms with E-state index in [1.807, 2.05) is 31.2 Å². The molecule has 1 fully saturated rings. The predicted molar refractivity (Wildman–Crippen MR) is 122 cm³/mol. The minimum atomic E-state index is -0.221. The van der Waals surface area contributed by atoms with Gasteiger partial charge in [-0.15, -0.1) is 0 Å². The first-order valence-corrected chi connectivity index (χ1v) is 11.1. The van der Waals surface area contributed by atoms with Gasteiger partial charge in [0.1, 0.15) is 5.82 Å². The number of carbonyl (C=O) groups excluding carboxylic acids is 1. The van der Waals surface area contributed by atoms with Crippen molar-refractivity contribution in [3.8, 4) is 11.4 Å². The summed E-state index contributed by atoms with van der Waals surface area (Å²) in [5, 5.41) is 19.0. The lowest BCUT2D eigenvalue weighted by atomic mass is 9.95. The van der Waals surface area contributed by atoms with E-state index in [0.29, 0.717) is 24.2 Å². The minimum absolute atomic E-state index is 0.0698. The number of nitrogens with one attached hydrogen (secondary N) is 3. The van der Waals surface area contributed by atoms with Crippen molar-refractivity contribution in [2.24, 2.45) is 11.8 Å². The number of fused-ring (bicyclic) bond motifs is 1. The van der Waals surface area contributed by atoms with Crippen molar-refractivity contribution in [1.29, 1.82) is 0 Å². The van der Waals surface area contributed by atoms with Crippen LogP contribution in [0.15, 0.2) is 24.3 Å². The Labute approximate surface area is 183 Å². The molecule has 2 aromatic rings. The number of aliphatic hydroxyl groups is 1. The highest BCUT2D eigenvalue weighted by atomic mass is 16.3. The summed E-state index contributed by atoms with van der Waals surface area (Å²) in [5.41, 5.74) is 3.84. The van der Waals surface area contributed by atoms with Gasteiger partial charge in [-0.25, -0.2) is 14.8 Å². The summed E-state index contributed by atoms with van der Waals surface area (Å²) >= 11 is 0. The van der Waals surface area contributed by atoms with Crippen molar-refractivity contribution in [2.75, 3.05) is 36.5 Å². The Morgan fingerprint density at radius 1 is 1.26 bits per heavy atom. The van der Waals surface area contributed by atoms with E-state index >= 15 is 0 Å². The van der Waals surface area contributed by atoms with Crippen molar-refractivity contribution in [3.05, 3.63) is 35.5 Å². The number of hydrogen-bond acceptors (Lipinski definition) is 6. The quantitative estimate of drug-likeness (QED) is 0.588. The molecular weight excluding hydrogens is 392 g/mol. The first kappa shape index (κ1) is 21.5. The minimum Gasteiger partial charge on any atom is -0.394 e. The standard InChI is InChI=1S/C23H32N6O2/c1-4-25-23(31)26-17-7-5-16(6-8-17)21-27-19-11-24-10-9-18(19)22(28-21)29-12-14(2)15(3)20(29)13-30/h5-8,14-15,20,24,30H,4,9-13H2,1-3H3,(H2,25,26,31). The first-order valence-electron chi connectivity index (χ1n) is 11.1. The molecule has 1 aromatic carbocycles. The third kappa shape index (κ3) is 4.36. The topological polar surface area (TPSA) is 102 Å². The fourth-order valence-corrected chi connectivity index (χ4v) is 4.53. The van der Waals surface area contributed by atoms with Gasteiger partial charge in [0.25, 0.3) is 0 Å². The summed E-state index contributed by atoms with van der Waals surface area (Å²) in [7, 11) is 0. The van der Waals surface area contributed by atoms with Gasteiger partial charge in [0.15, 0.2) is 5.82 Å². The molecule has 3 atom stereocenters. The van der Waals surface area contributed by atoms with Crippen LogP contribution in [0, 0.1) is 11.8 Å². The van der Waals surface area contributed by atoms with E-state index in [1.54, 1.807) is 0 Å². The first-order chi connectivity index (χ1) is 15.0. The number of rotatable bonds is 5. The van der Waals surface area contributed by atoms with Gasteiger partial charge >= 0.3 is 6.03 Å². The Hall–Kier alpha value is -2.71. The zero-order chi connectivity index (χ0) is 22.0. The maximum absolute atomic E-state index is 11.8. The zero-order valence-electron chi connectivity index (χ0n) is 18.5. The maximum Gasteiger partial charge on any atom is 0.319 e. The van der Waals surface area contributed by atoms with Gasteiger partial charge in [-0.1, -0.05) is 13.8 Å².